The average Bonchev–Trinajstić information content (AvgIpc) is 2.62. The van der Waals surface area contributed by atoms with Crippen LogP contribution < -0.4 is 4.74 Å². The third-order valence-corrected chi connectivity index (χ3v) is 4.30. The number of nitrogens with zero attached hydrogens (tertiary/aromatic N) is 3. The summed E-state index contributed by atoms with van der Waals surface area (Å²) in [5, 5.41) is 0.525. The van der Waals surface area contributed by atoms with Gasteiger partial charge in [0.05, 0.1) is 12.2 Å². The number of halogens is 1. The van der Waals surface area contributed by atoms with Gasteiger partial charge in [-0.3, -0.25) is 14.8 Å². The number of likely N-dealkylation sites (tertiary alicyclic amines) is 1. The quantitative estimate of drug-likeness (QED) is 0.864. The Morgan fingerprint density at radius 1 is 1.22 bits per heavy atom. The van der Waals surface area contributed by atoms with Gasteiger partial charge in [-0.05, 0) is 30.9 Å². The Kier molecular flexibility index (Phi) is 5.08. The van der Waals surface area contributed by atoms with Gasteiger partial charge in [0.25, 0.3) is 5.91 Å². The minimum atomic E-state index is 0.0506. The molecule has 3 rings (SSSR count). The number of aromatic nitrogens is 2. The molecule has 0 bridgehead atoms. The molecule has 0 radical (unpaired) electrons. The van der Waals surface area contributed by atoms with Crippen LogP contribution in [0.3, 0.4) is 0 Å². The Labute approximate surface area is 140 Å². The number of amides is 1. The van der Waals surface area contributed by atoms with E-state index in [1.54, 1.807) is 43.0 Å². The molecule has 1 aliphatic heterocycles. The summed E-state index contributed by atoms with van der Waals surface area (Å²) >= 11 is 6.03. The van der Waals surface area contributed by atoms with E-state index in [1.165, 1.54) is 0 Å². The van der Waals surface area contributed by atoms with E-state index >= 15 is 0 Å². The topological polar surface area (TPSA) is 55.3 Å². The van der Waals surface area contributed by atoms with E-state index in [1.807, 2.05) is 4.90 Å². The van der Waals surface area contributed by atoms with E-state index in [0.717, 1.165) is 25.9 Å². The lowest BCUT2D eigenvalue weighted by molar-refractivity contribution is 0.0660. The zero-order valence-electron chi connectivity index (χ0n) is 12.7. The minimum Gasteiger partial charge on any atom is -0.492 e. The highest BCUT2D eigenvalue weighted by Gasteiger charge is 2.24. The Morgan fingerprint density at radius 2 is 2.00 bits per heavy atom. The molecule has 0 N–H and O–H groups in total. The van der Waals surface area contributed by atoms with Crippen molar-refractivity contribution in [3.05, 3.63) is 53.6 Å². The van der Waals surface area contributed by atoms with E-state index in [4.69, 9.17) is 16.3 Å². The van der Waals surface area contributed by atoms with E-state index in [0.29, 0.717) is 28.9 Å². The van der Waals surface area contributed by atoms with Crippen LogP contribution >= 0.6 is 11.6 Å². The van der Waals surface area contributed by atoms with Crippen LogP contribution in [0, 0.1) is 5.92 Å². The molecule has 0 spiro atoms. The van der Waals surface area contributed by atoms with Crippen molar-refractivity contribution in [2.24, 2.45) is 5.92 Å². The highest BCUT2D eigenvalue weighted by molar-refractivity contribution is 6.31. The largest absolute Gasteiger partial charge is 0.492 e. The first-order chi connectivity index (χ1) is 11.2. The Bertz CT molecular complexity index is 658. The fourth-order valence-corrected chi connectivity index (χ4v) is 2.84. The first-order valence-corrected chi connectivity index (χ1v) is 8.03. The van der Waals surface area contributed by atoms with Crippen LogP contribution in [0.5, 0.6) is 5.75 Å². The molecule has 0 atom stereocenters. The van der Waals surface area contributed by atoms with Crippen molar-refractivity contribution in [1.82, 2.24) is 14.9 Å². The molecule has 0 unspecified atom stereocenters. The third-order valence-electron chi connectivity index (χ3n) is 4.02. The number of carbonyl (C=O) groups is 1. The van der Waals surface area contributed by atoms with Crippen LogP contribution in [0.15, 0.2) is 43.0 Å². The molecule has 1 aliphatic rings. The average molecular weight is 332 g/mol. The first-order valence-electron chi connectivity index (χ1n) is 7.65. The second-order valence-corrected chi connectivity index (χ2v) is 6.00. The van der Waals surface area contributed by atoms with E-state index in [9.17, 15) is 4.79 Å². The molecular weight excluding hydrogens is 314 g/mol. The van der Waals surface area contributed by atoms with Crippen molar-refractivity contribution in [3.8, 4) is 5.75 Å². The van der Waals surface area contributed by atoms with Gasteiger partial charge in [-0.15, -0.1) is 0 Å². The summed E-state index contributed by atoms with van der Waals surface area (Å²) in [4.78, 5) is 22.2. The highest BCUT2D eigenvalue weighted by Crippen LogP contribution is 2.25. The second-order valence-electron chi connectivity index (χ2n) is 5.59. The highest BCUT2D eigenvalue weighted by atomic mass is 35.5. The maximum absolute atomic E-state index is 12.4. The van der Waals surface area contributed by atoms with Gasteiger partial charge in [-0.25, -0.2) is 0 Å². The number of hydrogen-bond acceptors (Lipinski definition) is 4. The predicted molar refractivity (Wildman–Crippen MR) is 87.6 cm³/mol. The fraction of sp³-hybridized carbons (Fsp3) is 0.353. The third kappa shape index (κ3) is 3.99. The number of hydrogen-bond donors (Lipinski definition) is 0. The monoisotopic (exact) mass is 331 g/mol. The Hall–Kier alpha value is -2.14. The van der Waals surface area contributed by atoms with Gasteiger partial charge in [0.15, 0.2) is 0 Å². The molecule has 1 fully saturated rings. The number of piperidine rings is 1. The molecule has 0 saturated carbocycles. The number of ether oxygens (including phenoxy) is 1. The van der Waals surface area contributed by atoms with Crippen LogP contribution in [0.2, 0.25) is 5.02 Å². The predicted octanol–water partition coefficient (Wildman–Crippen LogP) is 3.06. The molecule has 5 nitrogen and oxygen atoms in total. The molecule has 120 valence electrons. The molecule has 3 heterocycles. The molecule has 0 aromatic carbocycles. The summed E-state index contributed by atoms with van der Waals surface area (Å²) in [6.07, 6.45) is 8.37. The van der Waals surface area contributed by atoms with Gasteiger partial charge in [0, 0.05) is 43.9 Å². The van der Waals surface area contributed by atoms with Crippen LogP contribution in [-0.4, -0.2) is 40.5 Å². The summed E-state index contributed by atoms with van der Waals surface area (Å²) in [6, 6.07) is 5.35. The van der Waals surface area contributed by atoms with Crippen molar-refractivity contribution in [1.29, 1.82) is 0 Å². The second kappa shape index (κ2) is 7.42. The van der Waals surface area contributed by atoms with Gasteiger partial charge in [-0.2, -0.15) is 0 Å². The zero-order chi connectivity index (χ0) is 16.1. The summed E-state index contributed by atoms with van der Waals surface area (Å²) in [6.45, 7) is 2.09. The molecular formula is C17H18ClN3O2. The van der Waals surface area contributed by atoms with E-state index in [2.05, 4.69) is 9.97 Å². The van der Waals surface area contributed by atoms with Crippen LogP contribution in [0.4, 0.5) is 0 Å². The Balaban J connectivity index is 1.49. The number of carbonyl (C=O) groups excluding carboxylic acids is 1. The maximum Gasteiger partial charge on any atom is 0.255 e. The molecule has 23 heavy (non-hydrogen) atoms. The summed E-state index contributed by atoms with van der Waals surface area (Å²) in [5.74, 6) is 1.14. The van der Waals surface area contributed by atoms with E-state index < -0.39 is 0 Å². The lowest BCUT2D eigenvalue weighted by atomic mass is 9.97. The molecule has 1 saturated heterocycles. The van der Waals surface area contributed by atoms with Crippen molar-refractivity contribution in [3.63, 3.8) is 0 Å². The standard InChI is InChI=1S/C17H18ClN3O2/c18-15-11-20-7-3-16(15)23-12-13-4-8-21(9-5-13)17(22)14-2-1-6-19-10-14/h1-3,6-7,10-11,13H,4-5,8-9,12H2. The van der Waals surface area contributed by atoms with Gasteiger partial charge < -0.3 is 9.64 Å². The summed E-state index contributed by atoms with van der Waals surface area (Å²) in [7, 11) is 0. The number of rotatable bonds is 4. The van der Waals surface area contributed by atoms with Crippen molar-refractivity contribution in [2.45, 2.75) is 12.8 Å². The van der Waals surface area contributed by atoms with Crippen molar-refractivity contribution in [2.75, 3.05) is 19.7 Å². The van der Waals surface area contributed by atoms with Crippen molar-refractivity contribution >= 4 is 17.5 Å². The van der Waals surface area contributed by atoms with Crippen LogP contribution in [0.25, 0.3) is 0 Å². The number of pyridine rings is 2. The van der Waals surface area contributed by atoms with Gasteiger partial charge in [-0.1, -0.05) is 11.6 Å². The Morgan fingerprint density at radius 3 is 2.70 bits per heavy atom. The van der Waals surface area contributed by atoms with Gasteiger partial charge in [0.2, 0.25) is 0 Å². The minimum absolute atomic E-state index is 0.0506. The van der Waals surface area contributed by atoms with Crippen LogP contribution in [0.1, 0.15) is 23.2 Å². The smallest absolute Gasteiger partial charge is 0.255 e. The molecule has 2 aromatic rings. The zero-order valence-corrected chi connectivity index (χ0v) is 13.4. The summed E-state index contributed by atoms with van der Waals surface area (Å²) < 4.78 is 5.77. The van der Waals surface area contributed by atoms with Gasteiger partial charge >= 0.3 is 0 Å². The molecule has 6 heteroatoms. The van der Waals surface area contributed by atoms with Crippen molar-refractivity contribution < 1.29 is 9.53 Å². The maximum atomic E-state index is 12.4. The van der Waals surface area contributed by atoms with Crippen LogP contribution in [-0.2, 0) is 0 Å². The molecule has 1 amide bonds. The van der Waals surface area contributed by atoms with E-state index in [-0.39, 0.29) is 5.91 Å². The molecule has 0 aliphatic carbocycles. The lowest BCUT2D eigenvalue weighted by Gasteiger charge is -2.32. The van der Waals surface area contributed by atoms with Gasteiger partial charge in [0.1, 0.15) is 10.8 Å². The fourth-order valence-electron chi connectivity index (χ4n) is 2.66. The summed E-state index contributed by atoms with van der Waals surface area (Å²) in [5.41, 5.74) is 0.644. The molecule has 2 aromatic heterocycles. The first kappa shape index (κ1) is 15.7. The normalized spacial score (nSPS) is 15.4. The SMILES string of the molecule is O=C(c1cccnc1)N1CCC(COc2ccncc2Cl)CC1. The lowest BCUT2D eigenvalue weighted by Crippen LogP contribution is -2.39.